The molecule has 1 unspecified atom stereocenters. The van der Waals surface area contributed by atoms with Crippen molar-refractivity contribution in [1.29, 1.82) is 0 Å². The number of likely N-dealkylation sites (N-methyl/N-ethyl adjacent to an activating group) is 1. The zero-order chi connectivity index (χ0) is 11.7. The Morgan fingerprint density at radius 3 is 2.81 bits per heavy atom. The molecule has 0 saturated carbocycles. The minimum Gasteiger partial charge on any atom is -0.348 e. The van der Waals surface area contributed by atoms with Gasteiger partial charge in [-0.2, -0.15) is 0 Å². The summed E-state index contributed by atoms with van der Waals surface area (Å²) in [7, 11) is 1.50. The van der Waals surface area contributed by atoms with Crippen LogP contribution in [0.15, 0.2) is 0 Å². The van der Waals surface area contributed by atoms with Crippen molar-refractivity contribution in [2.75, 3.05) is 12.4 Å². The Hall–Kier alpha value is -1.50. The first-order valence-electron chi connectivity index (χ1n) is 4.95. The number of amides is 2. The Balaban J connectivity index is 2.06. The SMILES string of the molecule is Cc1nnc(NC2CCC(=O)N(C)C2=O)s1. The normalized spacial score (nSPS) is 21.4. The summed E-state index contributed by atoms with van der Waals surface area (Å²) in [6.45, 7) is 1.85. The third kappa shape index (κ3) is 2.04. The van der Waals surface area contributed by atoms with E-state index in [9.17, 15) is 9.59 Å². The van der Waals surface area contributed by atoms with Crippen LogP contribution in [0.25, 0.3) is 0 Å². The standard InChI is InChI=1S/C9H12N4O2S/c1-5-11-12-9(16-5)10-6-3-4-7(14)13(2)8(6)15/h6H,3-4H2,1-2H3,(H,10,12). The van der Waals surface area contributed by atoms with Gasteiger partial charge in [-0.15, -0.1) is 10.2 Å². The number of nitrogens with zero attached hydrogens (tertiary/aromatic N) is 3. The smallest absolute Gasteiger partial charge is 0.251 e. The fourth-order valence-electron chi connectivity index (χ4n) is 1.55. The van der Waals surface area contributed by atoms with Gasteiger partial charge in [0.1, 0.15) is 11.0 Å². The summed E-state index contributed by atoms with van der Waals surface area (Å²) in [6, 6.07) is -0.366. The maximum atomic E-state index is 11.7. The Bertz CT molecular complexity index is 431. The number of carbonyl (C=O) groups excluding carboxylic acids is 2. The summed E-state index contributed by atoms with van der Waals surface area (Å²) in [5, 5.41) is 12.2. The number of hydrogen-bond donors (Lipinski definition) is 1. The van der Waals surface area contributed by atoms with Crippen molar-refractivity contribution in [2.24, 2.45) is 0 Å². The van der Waals surface area contributed by atoms with Crippen LogP contribution in [0.3, 0.4) is 0 Å². The van der Waals surface area contributed by atoms with E-state index in [0.29, 0.717) is 18.0 Å². The Morgan fingerprint density at radius 1 is 1.44 bits per heavy atom. The van der Waals surface area contributed by atoms with Crippen LogP contribution in [-0.4, -0.2) is 40.0 Å². The predicted molar refractivity (Wildman–Crippen MR) is 59.1 cm³/mol. The molecule has 7 heteroatoms. The lowest BCUT2D eigenvalue weighted by atomic mass is 10.1. The molecule has 0 radical (unpaired) electrons. The van der Waals surface area contributed by atoms with Crippen LogP contribution in [0.5, 0.6) is 0 Å². The molecule has 0 spiro atoms. The molecule has 2 heterocycles. The van der Waals surface area contributed by atoms with Crippen LogP contribution in [0, 0.1) is 6.92 Å². The van der Waals surface area contributed by atoms with Gasteiger partial charge in [0.25, 0.3) is 5.91 Å². The molecule has 2 amide bonds. The van der Waals surface area contributed by atoms with Crippen molar-refractivity contribution in [1.82, 2.24) is 15.1 Å². The number of rotatable bonds is 2. The van der Waals surface area contributed by atoms with Gasteiger partial charge in [-0.3, -0.25) is 14.5 Å². The van der Waals surface area contributed by atoms with Crippen molar-refractivity contribution >= 4 is 28.3 Å². The van der Waals surface area contributed by atoms with Gasteiger partial charge in [0.2, 0.25) is 11.0 Å². The molecule has 1 atom stereocenters. The van der Waals surface area contributed by atoms with Crippen LogP contribution in [0.1, 0.15) is 17.8 Å². The van der Waals surface area contributed by atoms with Gasteiger partial charge in [-0.1, -0.05) is 11.3 Å². The maximum absolute atomic E-state index is 11.7. The Morgan fingerprint density at radius 2 is 2.19 bits per heavy atom. The van der Waals surface area contributed by atoms with Crippen LogP contribution in [-0.2, 0) is 9.59 Å². The largest absolute Gasteiger partial charge is 0.348 e. The molecule has 1 aromatic rings. The van der Waals surface area contributed by atoms with Crippen LogP contribution < -0.4 is 5.32 Å². The fourth-order valence-corrected chi connectivity index (χ4v) is 2.20. The quantitative estimate of drug-likeness (QED) is 0.758. The Kier molecular flexibility index (Phi) is 2.86. The lowest BCUT2D eigenvalue weighted by molar-refractivity contribution is -0.146. The second-order valence-electron chi connectivity index (χ2n) is 3.65. The molecule has 86 valence electrons. The number of imide groups is 1. The van der Waals surface area contributed by atoms with E-state index in [0.717, 1.165) is 9.91 Å². The number of aromatic nitrogens is 2. The lowest BCUT2D eigenvalue weighted by Gasteiger charge is -2.27. The number of carbonyl (C=O) groups is 2. The van der Waals surface area contributed by atoms with Crippen molar-refractivity contribution in [3.63, 3.8) is 0 Å². The van der Waals surface area contributed by atoms with Crippen LogP contribution >= 0.6 is 11.3 Å². The number of likely N-dealkylation sites (tertiary alicyclic amines) is 1. The number of nitrogens with one attached hydrogen (secondary N) is 1. The lowest BCUT2D eigenvalue weighted by Crippen LogP contribution is -2.48. The molecule has 2 rings (SSSR count). The summed E-state index contributed by atoms with van der Waals surface area (Å²) in [5.74, 6) is -0.333. The zero-order valence-corrected chi connectivity index (χ0v) is 9.87. The third-order valence-electron chi connectivity index (χ3n) is 2.47. The highest BCUT2D eigenvalue weighted by Crippen LogP contribution is 2.19. The van der Waals surface area contributed by atoms with Gasteiger partial charge in [0.15, 0.2) is 0 Å². The highest BCUT2D eigenvalue weighted by Gasteiger charge is 2.32. The molecule has 16 heavy (non-hydrogen) atoms. The van der Waals surface area contributed by atoms with Crippen LogP contribution in [0.4, 0.5) is 5.13 Å². The van der Waals surface area contributed by atoms with E-state index in [1.165, 1.54) is 18.4 Å². The number of aryl methyl sites for hydroxylation is 1. The highest BCUT2D eigenvalue weighted by molar-refractivity contribution is 7.15. The van der Waals surface area contributed by atoms with Crippen LogP contribution in [0.2, 0.25) is 0 Å². The van der Waals surface area contributed by atoms with E-state index in [4.69, 9.17) is 0 Å². The minimum atomic E-state index is -0.366. The molecule has 1 aliphatic rings. The minimum absolute atomic E-state index is 0.128. The van der Waals surface area contributed by atoms with Gasteiger partial charge in [-0.25, -0.2) is 0 Å². The van der Waals surface area contributed by atoms with Crippen molar-refractivity contribution in [3.8, 4) is 0 Å². The first-order chi connectivity index (χ1) is 7.58. The monoisotopic (exact) mass is 240 g/mol. The number of hydrogen-bond acceptors (Lipinski definition) is 6. The van der Waals surface area contributed by atoms with Gasteiger partial charge in [0.05, 0.1) is 0 Å². The van der Waals surface area contributed by atoms with Gasteiger partial charge < -0.3 is 5.32 Å². The van der Waals surface area contributed by atoms with Crippen molar-refractivity contribution in [3.05, 3.63) is 5.01 Å². The summed E-state index contributed by atoms with van der Waals surface area (Å²) in [6.07, 6.45) is 0.901. The number of piperidine rings is 1. The molecular formula is C9H12N4O2S. The molecule has 1 fully saturated rings. The molecule has 1 aromatic heterocycles. The summed E-state index contributed by atoms with van der Waals surface area (Å²) in [4.78, 5) is 24.2. The van der Waals surface area contributed by atoms with E-state index < -0.39 is 0 Å². The predicted octanol–water partition coefficient (Wildman–Crippen LogP) is 0.406. The molecule has 1 saturated heterocycles. The van der Waals surface area contributed by atoms with E-state index in [1.807, 2.05) is 6.92 Å². The van der Waals surface area contributed by atoms with Gasteiger partial charge >= 0.3 is 0 Å². The molecule has 1 aliphatic heterocycles. The van der Waals surface area contributed by atoms with E-state index in [-0.39, 0.29) is 17.9 Å². The van der Waals surface area contributed by atoms with E-state index in [1.54, 1.807) is 0 Å². The second kappa shape index (κ2) is 4.17. The summed E-state index contributed by atoms with van der Waals surface area (Å²) < 4.78 is 0. The van der Waals surface area contributed by atoms with Crippen molar-refractivity contribution in [2.45, 2.75) is 25.8 Å². The summed E-state index contributed by atoms with van der Waals surface area (Å²) in [5.41, 5.74) is 0. The van der Waals surface area contributed by atoms with Crippen molar-refractivity contribution < 1.29 is 9.59 Å². The summed E-state index contributed by atoms with van der Waals surface area (Å²) >= 11 is 1.40. The van der Waals surface area contributed by atoms with E-state index >= 15 is 0 Å². The van der Waals surface area contributed by atoms with Gasteiger partial charge in [0, 0.05) is 13.5 Å². The topological polar surface area (TPSA) is 75.2 Å². The van der Waals surface area contributed by atoms with E-state index in [2.05, 4.69) is 15.5 Å². The molecule has 0 aliphatic carbocycles. The highest BCUT2D eigenvalue weighted by atomic mass is 32.1. The Labute approximate surface area is 96.7 Å². The fraction of sp³-hybridized carbons (Fsp3) is 0.556. The third-order valence-corrected chi connectivity index (χ3v) is 3.24. The molecule has 0 aromatic carbocycles. The second-order valence-corrected chi connectivity index (χ2v) is 4.83. The molecule has 0 bridgehead atoms. The first kappa shape index (κ1) is 11.0. The number of anilines is 1. The first-order valence-corrected chi connectivity index (χ1v) is 5.76. The molecule has 6 nitrogen and oxygen atoms in total. The maximum Gasteiger partial charge on any atom is 0.251 e. The van der Waals surface area contributed by atoms with Gasteiger partial charge in [-0.05, 0) is 13.3 Å². The molecule has 1 N–H and O–H groups in total. The average Bonchev–Trinajstić information content (AvgIpc) is 2.65. The average molecular weight is 240 g/mol. The zero-order valence-electron chi connectivity index (χ0n) is 9.06. The molecular weight excluding hydrogens is 228 g/mol.